The quantitative estimate of drug-likeness (QED) is 0.819. The van der Waals surface area contributed by atoms with Gasteiger partial charge in [0.15, 0.2) is 0 Å². The van der Waals surface area contributed by atoms with E-state index in [1.807, 2.05) is 0 Å². The first kappa shape index (κ1) is 14.0. The zero-order valence-corrected chi connectivity index (χ0v) is 11.5. The van der Waals surface area contributed by atoms with Gasteiger partial charge in [0.1, 0.15) is 4.99 Å². The van der Waals surface area contributed by atoms with Gasteiger partial charge in [0.2, 0.25) is 0 Å². The molecule has 1 aromatic carbocycles. The first-order valence-electron chi connectivity index (χ1n) is 6.42. The van der Waals surface area contributed by atoms with Crippen LogP contribution in [-0.2, 0) is 4.74 Å². The van der Waals surface area contributed by atoms with Gasteiger partial charge >= 0.3 is 0 Å². The van der Waals surface area contributed by atoms with Crippen molar-refractivity contribution in [3.05, 3.63) is 35.4 Å². The first-order valence-corrected chi connectivity index (χ1v) is 6.83. The standard InChI is InChI=1S/C14H18N2O2S/c15-13(19)11-3-5-12(6-4-11)14(17)16-8-10-2-1-7-18-9-10/h3-6,10H,1-2,7-9H2,(H2,15,19)(H,16,17). The second-order valence-corrected chi connectivity index (χ2v) is 5.17. The summed E-state index contributed by atoms with van der Waals surface area (Å²) in [4.78, 5) is 12.3. The van der Waals surface area contributed by atoms with E-state index in [1.54, 1.807) is 24.3 Å². The summed E-state index contributed by atoms with van der Waals surface area (Å²) < 4.78 is 5.38. The minimum absolute atomic E-state index is 0.0694. The Morgan fingerprint density at radius 1 is 1.37 bits per heavy atom. The third-order valence-corrected chi connectivity index (χ3v) is 3.47. The normalized spacial score (nSPS) is 18.8. The molecular weight excluding hydrogens is 260 g/mol. The molecule has 3 N–H and O–H groups in total. The van der Waals surface area contributed by atoms with E-state index in [9.17, 15) is 4.79 Å². The minimum atomic E-state index is -0.0694. The molecule has 0 spiro atoms. The number of rotatable bonds is 4. The molecular formula is C14H18N2O2S. The molecule has 1 fully saturated rings. The van der Waals surface area contributed by atoms with E-state index >= 15 is 0 Å². The minimum Gasteiger partial charge on any atom is -0.389 e. The average molecular weight is 278 g/mol. The van der Waals surface area contributed by atoms with Crippen LogP contribution in [0.1, 0.15) is 28.8 Å². The molecule has 1 aromatic rings. The highest BCUT2D eigenvalue weighted by molar-refractivity contribution is 7.80. The maximum absolute atomic E-state index is 12.0. The first-order chi connectivity index (χ1) is 9.16. The van der Waals surface area contributed by atoms with Crippen molar-refractivity contribution in [3.8, 4) is 0 Å². The molecule has 1 aliphatic rings. The Morgan fingerprint density at radius 3 is 2.63 bits per heavy atom. The molecule has 0 aliphatic carbocycles. The molecule has 1 saturated heterocycles. The van der Waals surface area contributed by atoms with Crippen LogP contribution in [0, 0.1) is 5.92 Å². The van der Waals surface area contributed by atoms with E-state index in [0.717, 1.165) is 31.6 Å². The van der Waals surface area contributed by atoms with Crippen LogP contribution in [0.25, 0.3) is 0 Å². The summed E-state index contributed by atoms with van der Waals surface area (Å²) in [7, 11) is 0. The molecule has 0 saturated carbocycles. The highest BCUT2D eigenvalue weighted by Gasteiger charge is 2.15. The number of nitrogens with one attached hydrogen (secondary N) is 1. The van der Waals surface area contributed by atoms with Gasteiger partial charge in [-0.25, -0.2) is 0 Å². The van der Waals surface area contributed by atoms with Crippen LogP contribution in [0.5, 0.6) is 0 Å². The van der Waals surface area contributed by atoms with Crippen molar-refractivity contribution in [1.29, 1.82) is 0 Å². The lowest BCUT2D eigenvalue weighted by Crippen LogP contribution is -2.33. The predicted octanol–water partition coefficient (Wildman–Crippen LogP) is 1.48. The average Bonchev–Trinajstić information content (AvgIpc) is 2.46. The summed E-state index contributed by atoms with van der Waals surface area (Å²) in [6, 6.07) is 7.00. The van der Waals surface area contributed by atoms with Gasteiger partial charge in [-0.15, -0.1) is 0 Å². The summed E-state index contributed by atoms with van der Waals surface area (Å²) in [5.41, 5.74) is 6.91. The number of thiocarbonyl (C=S) groups is 1. The third kappa shape index (κ3) is 4.01. The maximum atomic E-state index is 12.0. The molecule has 2 rings (SSSR count). The number of carbonyl (C=O) groups excluding carboxylic acids is 1. The molecule has 4 nitrogen and oxygen atoms in total. The molecule has 1 unspecified atom stereocenters. The molecule has 0 aromatic heterocycles. The second-order valence-electron chi connectivity index (χ2n) is 4.73. The van der Waals surface area contributed by atoms with Crippen molar-refractivity contribution in [3.63, 3.8) is 0 Å². The maximum Gasteiger partial charge on any atom is 0.251 e. The van der Waals surface area contributed by atoms with Crippen LogP contribution in [0.2, 0.25) is 0 Å². The van der Waals surface area contributed by atoms with Crippen LogP contribution in [0.3, 0.4) is 0 Å². The van der Waals surface area contributed by atoms with Crippen molar-refractivity contribution in [2.75, 3.05) is 19.8 Å². The number of amides is 1. The van der Waals surface area contributed by atoms with Crippen LogP contribution >= 0.6 is 12.2 Å². The molecule has 1 atom stereocenters. The van der Waals surface area contributed by atoms with E-state index in [1.165, 1.54) is 0 Å². The smallest absolute Gasteiger partial charge is 0.251 e. The van der Waals surface area contributed by atoms with Crippen molar-refractivity contribution in [2.24, 2.45) is 11.7 Å². The van der Waals surface area contributed by atoms with Gasteiger partial charge in [-0.3, -0.25) is 4.79 Å². The van der Waals surface area contributed by atoms with E-state index in [-0.39, 0.29) is 5.91 Å². The van der Waals surface area contributed by atoms with Crippen LogP contribution in [0.4, 0.5) is 0 Å². The van der Waals surface area contributed by atoms with Crippen LogP contribution in [-0.4, -0.2) is 30.7 Å². The number of hydrogen-bond acceptors (Lipinski definition) is 3. The molecule has 0 radical (unpaired) electrons. The predicted molar refractivity (Wildman–Crippen MR) is 78.2 cm³/mol. The number of nitrogens with two attached hydrogens (primary N) is 1. The van der Waals surface area contributed by atoms with E-state index < -0.39 is 0 Å². The summed E-state index contributed by atoms with van der Waals surface area (Å²) >= 11 is 4.87. The third-order valence-electron chi connectivity index (χ3n) is 3.24. The molecule has 0 bridgehead atoms. The van der Waals surface area contributed by atoms with E-state index in [4.69, 9.17) is 22.7 Å². The molecule has 19 heavy (non-hydrogen) atoms. The number of hydrogen-bond donors (Lipinski definition) is 2. The summed E-state index contributed by atoms with van der Waals surface area (Å²) in [6.45, 7) is 2.24. The Labute approximate surface area is 118 Å². The monoisotopic (exact) mass is 278 g/mol. The van der Waals surface area contributed by atoms with Gasteiger partial charge < -0.3 is 15.8 Å². The van der Waals surface area contributed by atoms with Gasteiger partial charge in [0.25, 0.3) is 5.91 Å². The second kappa shape index (κ2) is 6.63. The van der Waals surface area contributed by atoms with Gasteiger partial charge in [-0.1, -0.05) is 24.4 Å². The SMILES string of the molecule is NC(=S)c1ccc(C(=O)NCC2CCCOC2)cc1. The van der Waals surface area contributed by atoms with Crippen LogP contribution < -0.4 is 11.1 Å². The Hall–Kier alpha value is -1.46. The molecule has 1 heterocycles. The van der Waals surface area contributed by atoms with E-state index in [2.05, 4.69) is 5.32 Å². The van der Waals surface area contributed by atoms with Crippen molar-refractivity contribution >= 4 is 23.1 Å². The Bertz CT molecular complexity index is 453. The van der Waals surface area contributed by atoms with Crippen molar-refractivity contribution in [1.82, 2.24) is 5.32 Å². The Kier molecular flexibility index (Phi) is 4.87. The van der Waals surface area contributed by atoms with Crippen LogP contribution in [0.15, 0.2) is 24.3 Å². The lowest BCUT2D eigenvalue weighted by Gasteiger charge is -2.22. The highest BCUT2D eigenvalue weighted by Crippen LogP contribution is 2.12. The lowest BCUT2D eigenvalue weighted by atomic mass is 10.0. The Morgan fingerprint density at radius 2 is 2.05 bits per heavy atom. The number of benzene rings is 1. The Balaban J connectivity index is 1.86. The zero-order valence-electron chi connectivity index (χ0n) is 10.7. The van der Waals surface area contributed by atoms with Gasteiger partial charge in [-0.2, -0.15) is 0 Å². The summed E-state index contributed by atoms with van der Waals surface area (Å²) in [5, 5.41) is 2.93. The van der Waals surface area contributed by atoms with Gasteiger partial charge in [-0.05, 0) is 30.9 Å². The van der Waals surface area contributed by atoms with Crippen molar-refractivity contribution < 1.29 is 9.53 Å². The summed E-state index contributed by atoms with van der Waals surface area (Å²) in [5.74, 6) is 0.355. The molecule has 102 valence electrons. The molecule has 1 amide bonds. The fourth-order valence-electron chi connectivity index (χ4n) is 2.09. The number of carbonyl (C=O) groups is 1. The van der Waals surface area contributed by atoms with Crippen molar-refractivity contribution in [2.45, 2.75) is 12.8 Å². The zero-order chi connectivity index (χ0) is 13.7. The number of ether oxygens (including phenoxy) is 1. The fourth-order valence-corrected chi connectivity index (χ4v) is 2.23. The van der Waals surface area contributed by atoms with Gasteiger partial charge in [0, 0.05) is 24.3 Å². The topological polar surface area (TPSA) is 64.4 Å². The highest BCUT2D eigenvalue weighted by atomic mass is 32.1. The molecule has 5 heteroatoms. The lowest BCUT2D eigenvalue weighted by molar-refractivity contribution is 0.0536. The largest absolute Gasteiger partial charge is 0.389 e. The van der Waals surface area contributed by atoms with E-state index in [0.29, 0.717) is 23.0 Å². The van der Waals surface area contributed by atoms with Gasteiger partial charge in [0.05, 0.1) is 6.61 Å². The fraction of sp³-hybridized carbons (Fsp3) is 0.429. The summed E-state index contributed by atoms with van der Waals surface area (Å²) in [6.07, 6.45) is 2.18. The molecule has 1 aliphatic heterocycles.